The minimum Gasteiger partial charge on any atom is -0.390 e. The Balaban J connectivity index is 2.97. The minimum absolute atomic E-state index is 0.0139. The van der Waals surface area contributed by atoms with Gasteiger partial charge in [-0.25, -0.2) is 0 Å². The Morgan fingerprint density at radius 3 is 2.29 bits per heavy atom. The van der Waals surface area contributed by atoms with Crippen molar-refractivity contribution in [3.8, 4) is 0 Å². The van der Waals surface area contributed by atoms with Crippen LogP contribution in [0, 0.1) is 11.3 Å². The summed E-state index contributed by atoms with van der Waals surface area (Å²) in [7, 11) is 0. The van der Waals surface area contributed by atoms with Gasteiger partial charge in [0.2, 0.25) is 0 Å². The van der Waals surface area contributed by atoms with E-state index in [4.69, 9.17) is 0 Å². The number of hydrogen-bond donors (Lipinski definition) is 1. The maximum atomic E-state index is 11.5. The number of hydrogen-bond acceptors (Lipinski definition) is 2. The van der Waals surface area contributed by atoms with Crippen LogP contribution in [0.15, 0.2) is 0 Å². The quantitative estimate of drug-likeness (QED) is 0.756. The highest BCUT2D eigenvalue weighted by atomic mass is 16.3. The fourth-order valence-electron chi connectivity index (χ4n) is 3.09. The highest BCUT2D eigenvalue weighted by molar-refractivity contribution is 5.79. The lowest BCUT2D eigenvalue weighted by Gasteiger charge is -2.42. The van der Waals surface area contributed by atoms with E-state index in [9.17, 15) is 9.90 Å². The summed E-state index contributed by atoms with van der Waals surface area (Å²) in [5.41, 5.74) is -0.882. The van der Waals surface area contributed by atoms with E-state index in [0.717, 1.165) is 25.7 Å². The molecule has 1 rings (SSSR count). The molecule has 0 heterocycles. The summed E-state index contributed by atoms with van der Waals surface area (Å²) in [4.78, 5) is 11.5. The molecule has 1 aliphatic carbocycles. The molecule has 1 fully saturated rings. The van der Waals surface area contributed by atoms with Crippen molar-refractivity contribution in [2.75, 3.05) is 0 Å². The van der Waals surface area contributed by atoms with Crippen LogP contribution < -0.4 is 0 Å². The summed E-state index contributed by atoms with van der Waals surface area (Å²) in [6.45, 7) is 7.63. The minimum atomic E-state index is -0.667. The van der Waals surface area contributed by atoms with E-state index < -0.39 is 5.60 Å². The number of aliphatic hydroxyl groups is 1. The van der Waals surface area contributed by atoms with Crippen LogP contribution in [0.5, 0.6) is 0 Å². The Labute approximate surface area is 86.7 Å². The summed E-state index contributed by atoms with van der Waals surface area (Å²) < 4.78 is 0. The molecule has 1 saturated carbocycles. The molecule has 2 heteroatoms. The zero-order chi connectivity index (χ0) is 11.0. The first kappa shape index (κ1) is 11.7. The Morgan fingerprint density at radius 2 is 2.00 bits per heavy atom. The van der Waals surface area contributed by atoms with Gasteiger partial charge in [0.1, 0.15) is 5.78 Å². The topological polar surface area (TPSA) is 37.3 Å². The van der Waals surface area contributed by atoms with E-state index in [1.54, 1.807) is 6.92 Å². The van der Waals surface area contributed by atoms with Crippen molar-refractivity contribution in [1.29, 1.82) is 0 Å². The molecule has 3 unspecified atom stereocenters. The predicted molar refractivity (Wildman–Crippen MR) is 57.0 cm³/mol. The summed E-state index contributed by atoms with van der Waals surface area (Å²) in [6.07, 6.45) is 3.67. The van der Waals surface area contributed by atoms with Crippen molar-refractivity contribution in [2.45, 2.75) is 59.0 Å². The van der Waals surface area contributed by atoms with Gasteiger partial charge in [0.05, 0.1) is 5.60 Å². The molecule has 3 atom stereocenters. The second kappa shape index (κ2) is 3.65. The molecular formula is C12H22O2. The molecule has 0 aromatic rings. The van der Waals surface area contributed by atoms with Gasteiger partial charge in [0, 0.05) is 11.3 Å². The molecule has 0 aromatic heterocycles. The Bertz CT molecular complexity index is 232. The maximum absolute atomic E-state index is 11.5. The average molecular weight is 198 g/mol. The van der Waals surface area contributed by atoms with Gasteiger partial charge in [0.25, 0.3) is 0 Å². The third kappa shape index (κ3) is 1.60. The molecule has 1 N–H and O–H groups in total. The lowest BCUT2D eigenvalue weighted by Crippen LogP contribution is -2.46. The Kier molecular flexibility index (Phi) is 3.05. The first-order valence-corrected chi connectivity index (χ1v) is 5.58. The maximum Gasteiger partial charge on any atom is 0.133 e. The molecule has 82 valence electrons. The van der Waals surface area contributed by atoms with Crippen LogP contribution in [-0.2, 0) is 4.79 Å². The van der Waals surface area contributed by atoms with Crippen molar-refractivity contribution >= 4 is 5.78 Å². The van der Waals surface area contributed by atoms with E-state index in [2.05, 4.69) is 6.92 Å². The zero-order valence-electron chi connectivity index (χ0n) is 9.76. The molecule has 0 amide bonds. The van der Waals surface area contributed by atoms with Crippen LogP contribution in [-0.4, -0.2) is 16.5 Å². The molecule has 14 heavy (non-hydrogen) atoms. The predicted octanol–water partition coefficient (Wildman–Crippen LogP) is 2.54. The molecule has 0 aromatic carbocycles. The van der Waals surface area contributed by atoms with Gasteiger partial charge in [-0.2, -0.15) is 0 Å². The highest BCUT2D eigenvalue weighted by Gasteiger charge is 2.52. The van der Waals surface area contributed by atoms with Crippen LogP contribution in [0.1, 0.15) is 53.4 Å². The molecule has 2 nitrogen and oxygen atoms in total. The lowest BCUT2D eigenvalue weighted by atomic mass is 9.65. The second-order valence-corrected chi connectivity index (χ2v) is 5.12. The third-order valence-electron chi connectivity index (χ3n) is 4.26. The van der Waals surface area contributed by atoms with Crippen molar-refractivity contribution < 1.29 is 9.90 Å². The van der Waals surface area contributed by atoms with Crippen molar-refractivity contribution in [3.63, 3.8) is 0 Å². The Hall–Kier alpha value is -0.370. The second-order valence-electron chi connectivity index (χ2n) is 5.12. The third-order valence-corrected chi connectivity index (χ3v) is 4.26. The molecule has 0 radical (unpaired) electrons. The van der Waals surface area contributed by atoms with Gasteiger partial charge >= 0.3 is 0 Å². The molecule has 0 bridgehead atoms. The van der Waals surface area contributed by atoms with E-state index in [1.807, 2.05) is 13.8 Å². The van der Waals surface area contributed by atoms with Gasteiger partial charge in [-0.15, -0.1) is 0 Å². The first-order chi connectivity index (χ1) is 6.35. The van der Waals surface area contributed by atoms with Crippen LogP contribution in [0.25, 0.3) is 0 Å². The molecular weight excluding hydrogens is 176 g/mol. The summed E-state index contributed by atoms with van der Waals surface area (Å²) in [5, 5.41) is 10.3. The van der Waals surface area contributed by atoms with E-state index in [-0.39, 0.29) is 17.1 Å². The van der Waals surface area contributed by atoms with Crippen LogP contribution >= 0.6 is 0 Å². The number of carbonyl (C=O) groups excluding carboxylic acids is 1. The van der Waals surface area contributed by atoms with Crippen LogP contribution in [0.3, 0.4) is 0 Å². The molecule has 0 spiro atoms. The Morgan fingerprint density at radius 1 is 1.43 bits per heavy atom. The zero-order valence-corrected chi connectivity index (χ0v) is 9.76. The van der Waals surface area contributed by atoms with Crippen molar-refractivity contribution in [2.24, 2.45) is 11.3 Å². The first-order valence-electron chi connectivity index (χ1n) is 5.58. The van der Waals surface area contributed by atoms with Crippen molar-refractivity contribution in [1.82, 2.24) is 0 Å². The standard InChI is InChI=1S/C12H22O2/c1-5-10(9(2)13)11(3)7-6-8-12(11,4)14/h10,14H,5-8H2,1-4H3. The largest absolute Gasteiger partial charge is 0.390 e. The van der Waals surface area contributed by atoms with E-state index in [1.165, 1.54) is 0 Å². The number of Topliss-reactive ketones (excluding diaryl/α,β-unsaturated/α-hetero) is 1. The normalized spacial score (nSPS) is 39.8. The van der Waals surface area contributed by atoms with Gasteiger partial charge in [-0.05, 0) is 39.5 Å². The molecule has 1 aliphatic rings. The SMILES string of the molecule is CCC(C(C)=O)C1(C)CCCC1(C)O. The summed E-state index contributed by atoms with van der Waals surface area (Å²) in [5.74, 6) is 0.233. The monoisotopic (exact) mass is 198 g/mol. The highest BCUT2D eigenvalue weighted by Crippen LogP contribution is 2.52. The smallest absolute Gasteiger partial charge is 0.133 e. The molecule has 0 saturated heterocycles. The number of rotatable bonds is 3. The van der Waals surface area contributed by atoms with Crippen LogP contribution in [0.2, 0.25) is 0 Å². The fourth-order valence-corrected chi connectivity index (χ4v) is 3.09. The van der Waals surface area contributed by atoms with E-state index >= 15 is 0 Å². The summed E-state index contributed by atoms with van der Waals surface area (Å²) >= 11 is 0. The fraction of sp³-hybridized carbons (Fsp3) is 0.917. The van der Waals surface area contributed by atoms with E-state index in [0.29, 0.717) is 0 Å². The van der Waals surface area contributed by atoms with Gasteiger partial charge in [-0.1, -0.05) is 13.8 Å². The van der Waals surface area contributed by atoms with Crippen LogP contribution in [0.4, 0.5) is 0 Å². The van der Waals surface area contributed by atoms with Crippen molar-refractivity contribution in [3.05, 3.63) is 0 Å². The number of ketones is 1. The molecule has 0 aliphatic heterocycles. The summed E-state index contributed by atoms with van der Waals surface area (Å²) in [6, 6.07) is 0. The van der Waals surface area contributed by atoms with Gasteiger partial charge in [-0.3, -0.25) is 4.79 Å². The number of carbonyl (C=O) groups is 1. The van der Waals surface area contributed by atoms with Gasteiger partial charge < -0.3 is 5.11 Å². The lowest BCUT2D eigenvalue weighted by molar-refractivity contribution is -0.134. The average Bonchev–Trinajstić information content (AvgIpc) is 2.27. The van der Waals surface area contributed by atoms with Gasteiger partial charge in [0.15, 0.2) is 0 Å².